The van der Waals surface area contributed by atoms with Crippen molar-refractivity contribution in [2.24, 2.45) is 11.3 Å². The predicted octanol–water partition coefficient (Wildman–Crippen LogP) is 4.01. The molecule has 1 heterocycles. The Morgan fingerprint density at radius 3 is 2.50 bits per heavy atom. The Morgan fingerprint density at radius 1 is 1.20 bits per heavy atom. The highest BCUT2D eigenvalue weighted by atomic mass is 35.5. The third kappa shape index (κ3) is 4.22. The molecule has 2 aliphatic rings. The lowest BCUT2D eigenvalue weighted by molar-refractivity contribution is 0.0465. The monoisotopic (exact) mass is 298 g/mol. The minimum atomic E-state index is 0.310. The van der Waals surface area contributed by atoms with E-state index in [-0.39, 0.29) is 0 Å². The normalized spacial score (nSPS) is 31.0. The number of hydrogen-bond donors (Lipinski definition) is 1. The van der Waals surface area contributed by atoms with E-state index in [0.29, 0.717) is 17.5 Å². The number of nitrogens with one attached hydrogen (secondary N) is 1. The average Bonchev–Trinajstić information content (AvgIpc) is 2.44. The molecule has 2 nitrogen and oxygen atoms in total. The van der Waals surface area contributed by atoms with Crippen LogP contribution in [0.5, 0.6) is 0 Å². The highest BCUT2D eigenvalue weighted by Gasteiger charge is 2.37. The zero-order valence-corrected chi connectivity index (χ0v) is 14.1. The molecule has 0 aromatic carbocycles. The summed E-state index contributed by atoms with van der Waals surface area (Å²) in [5.74, 6) is 0.882. The van der Waals surface area contributed by atoms with Gasteiger partial charge in [0.25, 0.3) is 0 Å². The molecule has 1 N–H and O–H groups in total. The molecule has 0 amide bonds. The molecule has 0 spiro atoms. The van der Waals surface area contributed by atoms with Crippen molar-refractivity contribution in [3.63, 3.8) is 0 Å². The van der Waals surface area contributed by atoms with Crippen LogP contribution in [0.3, 0.4) is 0 Å². The van der Waals surface area contributed by atoms with Crippen molar-refractivity contribution in [1.29, 1.82) is 0 Å². The van der Waals surface area contributed by atoms with Gasteiger partial charge in [-0.15, -0.1) is 0 Å². The second-order valence-corrected chi connectivity index (χ2v) is 7.86. The van der Waals surface area contributed by atoms with Gasteiger partial charge in [0.15, 0.2) is 0 Å². The van der Waals surface area contributed by atoms with Crippen LogP contribution >= 0.6 is 11.6 Å². The first-order chi connectivity index (χ1) is 9.52. The zero-order chi connectivity index (χ0) is 14.6. The van der Waals surface area contributed by atoms with Crippen LogP contribution in [-0.4, -0.2) is 36.6 Å². The Bertz CT molecular complexity index is 315. The van der Waals surface area contributed by atoms with Crippen molar-refractivity contribution in [3.05, 3.63) is 11.6 Å². The maximum absolute atomic E-state index is 5.74. The van der Waals surface area contributed by atoms with Gasteiger partial charge < -0.3 is 5.32 Å². The number of piperazine rings is 1. The van der Waals surface area contributed by atoms with E-state index in [2.05, 4.69) is 37.1 Å². The van der Waals surface area contributed by atoms with Crippen LogP contribution in [0.2, 0.25) is 0 Å². The molecule has 3 heteroatoms. The molecular weight excluding hydrogens is 268 g/mol. The molecule has 2 rings (SSSR count). The first kappa shape index (κ1) is 16.3. The molecule has 1 aliphatic carbocycles. The zero-order valence-electron chi connectivity index (χ0n) is 13.4. The number of halogens is 1. The number of rotatable bonds is 3. The summed E-state index contributed by atoms with van der Waals surface area (Å²) in [6.45, 7) is 10.3. The molecule has 0 aromatic rings. The van der Waals surface area contributed by atoms with Gasteiger partial charge in [0.1, 0.15) is 0 Å². The summed E-state index contributed by atoms with van der Waals surface area (Å²) in [6.07, 6.45) is 9.20. The lowest BCUT2D eigenvalue weighted by Gasteiger charge is -2.48. The van der Waals surface area contributed by atoms with Gasteiger partial charge in [0, 0.05) is 37.3 Å². The molecule has 116 valence electrons. The largest absolute Gasteiger partial charge is 0.311 e. The molecular formula is C17H31ClN2. The van der Waals surface area contributed by atoms with E-state index in [4.69, 9.17) is 11.6 Å². The predicted molar refractivity (Wildman–Crippen MR) is 88.2 cm³/mol. The van der Waals surface area contributed by atoms with E-state index in [9.17, 15) is 0 Å². The van der Waals surface area contributed by atoms with Crippen molar-refractivity contribution >= 4 is 11.6 Å². The van der Waals surface area contributed by atoms with Crippen molar-refractivity contribution in [2.75, 3.05) is 19.6 Å². The Labute approximate surface area is 129 Å². The topological polar surface area (TPSA) is 15.3 Å². The SMILES string of the molecule is CC(C)(C)C1CNC(C2CCCCC2)CN1C/C=C/Cl. The molecule has 1 saturated carbocycles. The highest BCUT2D eigenvalue weighted by Crippen LogP contribution is 2.32. The van der Waals surface area contributed by atoms with E-state index in [1.54, 1.807) is 5.54 Å². The quantitative estimate of drug-likeness (QED) is 0.847. The van der Waals surface area contributed by atoms with Crippen molar-refractivity contribution in [3.8, 4) is 0 Å². The molecule has 2 fully saturated rings. The van der Waals surface area contributed by atoms with Gasteiger partial charge in [0.2, 0.25) is 0 Å². The molecule has 2 unspecified atom stereocenters. The van der Waals surface area contributed by atoms with Crippen LogP contribution in [0.4, 0.5) is 0 Å². The molecule has 1 saturated heterocycles. The third-order valence-corrected chi connectivity index (χ3v) is 5.27. The Hall–Kier alpha value is -0.0500. The van der Waals surface area contributed by atoms with Gasteiger partial charge in [-0.05, 0) is 24.2 Å². The maximum atomic E-state index is 5.74. The number of hydrogen-bond acceptors (Lipinski definition) is 2. The van der Waals surface area contributed by atoms with Gasteiger partial charge in [-0.3, -0.25) is 4.90 Å². The fraction of sp³-hybridized carbons (Fsp3) is 0.882. The minimum absolute atomic E-state index is 0.310. The van der Waals surface area contributed by atoms with Gasteiger partial charge in [-0.1, -0.05) is 57.7 Å². The van der Waals surface area contributed by atoms with Crippen molar-refractivity contribution < 1.29 is 0 Å². The summed E-state index contributed by atoms with van der Waals surface area (Å²) >= 11 is 5.74. The summed E-state index contributed by atoms with van der Waals surface area (Å²) in [5, 5.41) is 3.85. The molecule has 2 atom stereocenters. The Morgan fingerprint density at radius 2 is 1.90 bits per heavy atom. The van der Waals surface area contributed by atoms with Gasteiger partial charge in [0.05, 0.1) is 0 Å². The summed E-state index contributed by atoms with van der Waals surface area (Å²) < 4.78 is 0. The molecule has 0 bridgehead atoms. The fourth-order valence-corrected chi connectivity index (χ4v) is 4.00. The summed E-state index contributed by atoms with van der Waals surface area (Å²) in [4.78, 5) is 2.63. The second kappa shape index (κ2) is 7.29. The van der Waals surface area contributed by atoms with E-state index >= 15 is 0 Å². The smallest absolute Gasteiger partial charge is 0.0273 e. The van der Waals surface area contributed by atoms with Crippen LogP contribution in [0.25, 0.3) is 0 Å². The van der Waals surface area contributed by atoms with Gasteiger partial charge in [-0.25, -0.2) is 0 Å². The summed E-state index contributed by atoms with van der Waals surface area (Å²) in [5.41, 5.74) is 1.97. The van der Waals surface area contributed by atoms with Crippen LogP contribution in [0.15, 0.2) is 11.6 Å². The van der Waals surface area contributed by atoms with Crippen molar-refractivity contribution in [1.82, 2.24) is 10.2 Å². The van der Waals surface area contributed by atoms with Crippen LogP contribution in [-0.2, 0) is 0 Å². The van der Waals surface area contributed by atoms with E-state index in [0.717, 1.165) is 19.0 Å². The summed E-state index contributed by atoms with van der Waals surface area (Å²) in [6, 6.07) is 1.27. The van der Waals surface area contributed by atoms with Crippen molar-refractivity contribution in [2.45, 2.75) is 65.0 Å². The first-order valence-electron chi connectivity index (χ1n) is 8.25. The van der Waals surface area contributed by atoms with Gasteiger partial charge >= 0.3 is 0 Å². The lowest BCUT2D eigenvalue weighted by atomic mass is 9.79. The molecule has 1 aliphatic heterocycles. The molecule has 0 radical (unpaired) electrons. The maximum Gasteiger partial charge on any atom is 0.0273 e. The fourth-order valence-electron chi connectivity index (χ4n) is 3.92. The lowest BCUT2D eigenvalue weighted by Crippen LogP contribution is -2.62. The Kier molecular flexibility index (Phi) is 5.95. The van der Waals surface area contributed by atoms with Crippen LogP contribution in [0, 0.1) is 11.3 Å². The minimum Gasteiger partial charge on any atom is -0.311 e. The van der Waals surface area contributed by atoms with Crippen LogP contribution < -0.4 is 5.32 Å². The standard InChI is InChI=1S/C17H31ClN2/c1-17(2,3)16-12-19-15(13-20(16)11-7-10-18)14-8-5-4-6-9-14/h7,10,14-16,19H,4-6,8-9,11-13H2,1-3H3/b10-7+. The van der Waals surface area contributed by atoms with E-state index in [1.165, 1.54) is 38.6 Å². The third-order valence-electron chi connectivity index (χ3n) is 5.09. The molecule has 0 aromatic heterocycles. The highest BCUT2D eigenvalue weighted by molar-refractivity contribution is 6.25. The first-order valence-corrected chi connectivity index (χ1v) is 8.68. The van der Waals surface area contributed by atoms with Crippen LogP contribution in [0.1, 0.15) is 52.9 Å². The van der Waals surface area contributed by atoms with E-state index in [1.807, 2.05) is 0 Å². The average molecular weight is 299 g/mol. The Balaban J connectivity index is 2.00. The summed E-state index contributed by atoms with van der Waals surface area (Å²) in [7, 11) is 0. The second-order valence-electron chi connectivity index (χ2n) is 7.61. The molecule has 20 heavy (non-hydrogen) atoms. The van der Waals surface area contributed by atoms with Gasteiger partial charge in [-0.2, -0.15) is 0 Å². The number of nitrogens with zero attached hydrogens (tertiary/aromatic N) is 1. The van der Waals surface area contributed by atoms with E-state index < -0.39 is 0 Å².